The topological polar surface area (TPSA) is 129 Å². The van der Waals surface area contributed by atoms with Crippen LogP contribution in [-0.2, 0) is 11.3 Å². The lowest BCUT2D eigenvalue weighted by Gasteiger charge is -2.01. The highest BCUT2D eigenvalue weighted by atomic mass is 32.2. The van der Waals surface area contributed by atoms with Crippen LogP contribution in [0.5, 0.6) is 0 Å². The average Bonchev–Trinajstić information content (AvgIpc) is 2.95. The largest absolute Gasteiger partial charge is 0.480 e. The number of carboxylic acid groups (broad SMARTS) is 1. The zero-order valence-electron chi connectivity index (χ0n) is 11.5. The Hall–Kier alpha value is -2.93. The summed E-state index contributed by atoms with van der Waals surface area (Å²) in [4.78, 5) is 15.9. The van der Waals surface area contributed by atoms with Gasteiger partial charge < -0.3 is 5.11 Å². The first-order chi connectivity index (χ1) is 10.6. The van der Waals surface area contributed by atoms with Crippen LogP contribution in [0.2, 0.25) is 0 Å². The first kappa shape index (κ1) is 15.5. The summed E-state index contributed by atoms with van der Waals surface area (Å²) in [6.07, 6.45) is 3.61. The van der Waals surface area contributed by atoms with Gasteiger partial charge in [0.1, 0.15) is 0 Å². The van der Waals surface area contributed by atoms with E-state index in [1.807, 2.05) is 6.19 Å². The summed E-state index contributed by atoms with van der Waals surface area (Å²) in [6, 6.07) is 7.01. The lowest BCUT2D eigenvalue weighted by Crippen LogP contribution is -2.12. The van der Waals surface area contributed by atoms with Gasteiger partial charge in [0.25, 0.3) is 0 Å². The van der Waals surface area contributed by atoms with Crippen molar-refractivity contribution >= 4 is 28.6 Å². The number of rotatable bonds is 4. The number of benzene rings is 1. The minimum atomic E-state index is -1.05. The van der Waals surface area contributed by atoms with E-state index in [1.54, 1.807) is 30.5 Å². The van der Waals surface area contributed by atoms with Crippen LogP contribution < -0.4 is 5.32 Å². The number of aliphatic imine (C=N–C) groups is 1. The molecule has 0 bridgehead atoms. The molecule has 0 spiro atoms. The number of nitriles is 1. The number of tetrazole rings is 1. The van der Waals surface area contributed by atoms with Crippen LogP contribution in [0.15, 0.2) is 29.3 Å². The maximum Gasteiger partial charge on any atom is 0.327 e. The molecule has 0 aliphatic rings. The Balaban J connectivity index is 2.26. The molecule has 1 aromatic carbocycles. The third kappa shape index (κ3) is 4.03. The number of amidine groups is 1. The summed E-state index contributed by atoms with van der Waals surface area (Å²) >= 11 is 1.31. The van der Waals surface area contributed by atoms with Gasteiger partial charge in [-0.2, -0.15) is 10.1 Å². The molecule has 1 heterocycles. The molecule has 2 aromatic rings. The van der Waals surface area contributed by atoms with Gasteiger partial charge in [0.15, 0.2) is 17.9 Å². The van der Waals surface area contributed by atoms with Gasteiger partial charge in [-0.05, 0) is 23.6 Å². The standard InChI is InChI=1S/C12H11N7O2S/c1-22-12(14-7-13)15-9-4-2-3-8(5-9)11-16-18-19(17-11)6-10(20)21/h2-5H,6H2,1H3,(H,14,15)(H,20,21). The quantitative estimate of drug-likeness (QED) is 0.367. The third-order valence-corrected chi connectivity index (χ3v) is 3.00. The molecule has 22 heavy (non-hydrogen) atoms. The van der Waals surface area contributed by atoms with Crippen molar-refractivity contribution in [2.24, 2.45) is 4.99 Å². The minimum absolute atomic E-state index is 0.303. The predicted octanol–water partition coefficient (Wildman–Crippen LogP) is 0.846. The van der Waals surface area contributed by atoms with Crippen LogP contribution in [0, 0.1) is 11.5 Å². The van der Waals surface area contributed by atoms with Gasteiger partial charge in [0.05, 0.1) is 5.69 Å². The summed E-state index contributed by atoms with van der Waals surface area (Å²) in [5, 5.41) is 31.7. The molecule has 2 N–H and O–H groups in total. The van der Waals surface area contributed by atoms with Gasteiger partial charge in [0, 0.05) is 5.56 Å². The van der Waals surface area contributed by atoms with Crippen LogP contribution >= 0.6 is 11.8 Å². The number of nitrogens with one attached hydrogen (secondary N) is 1. The molecule has 0 radical (unpaired) electrons. The highest BCUT2D eigenvalue weighted by molar-refractivity contribution is 8.13. The summed E-state index contributed by atoms with van der Waals surface area (Å²) in [5.74, 6) is -0.744. The molecule has 2 rings (SSSR count). The lowest BCUT2D eigenvalue weighted by atomic mass is 10.2. The van der Waals surface area contributed by atoms with Crippen molar-refractivity contribution < 1.29 is 9.90 Å². The number of carboxylic acids is 1. The molecule has 9 nitrogen and oxygen atoms in total. The maximum atomic E-state index is 10.6. The second kappa shape index (κ2) is 7.19. The molecule has 0 aliphatic heterocycles. The highest BCUT2D eigenvalue weighted by Gasteiger charge is 2.09. The number of aromatic nitrogens is 4. The normalized spacial score (nSPS) is 11.0. The van der Waals surface area contributed by atoms with E-state index in [2.05, 4.69) is 25.7 Å². The number of aliphatic carboxylic acids is 1. The van der Waals surface area contributed by atoms with E-state index in [0.717, 1.165) is 4.80 Å². The van der Waals surface area contributed by atoms with Crippen molar-refractivity contribution in [1.82, 2.24) is 25.5 Å². The van der Waals surface area contributed by atoms with Crippen LogP contribution in [0.1, 0.15) is 0 Å². The molecule has 0 aliphatic carbocycles. The Labute approximate surface area is 129 Å². The Morgan fingerprint density at radius 2 is 2.41 bits per heavy atom. The lowest BCUT2D eigenvalue weighted by molar-refractivity contribution is -0.138. The molecular weight excluding hydrogens is 306 g/mol. The monoisotopic (exact) mass is 317 g/mol. The van der Waals surface area contributed by atoms with E-state index >= 15 is 0 Å². The average molecular weight is 317 g/mol. The summed E-state index contributed by atoms with van der Waals surface area (Å²) < 4.78 is 0. The zero-order chi connectivity index (χ0) is 15.9. The van der Waals surface area contributed by atoms with Crippen molar-refractivity contribution in [2.75, 3.05) is 6.26 Å². The van der Waals surface area contributed by atoms with Gasteiger partial charge in [-0.1, -0.05) is 23.9 Å². The molecule has 112 valence electrons. The predicted molar refractivity (Wildman–Crippen MR) is 80.2 cm³/mol. The van der Waals surface area contributed by atoms with Gasteiger partial charge >= 0.3 is 5.97 Å². The fourth-order valence-corrected chi connectivity index (χ4v) is 1.90. The van der Waals surface area contributed by atoms with E-state index < -0.39 is 5.97 Å². The molecule has 0 saturated carbocycles. The molecule has 0 unspecified atom stereocenters. The zero-order valence-corrected chi connectivity index (χ0v) is 12.3. The molecule has 0 amide bonds. The van der Waals surface area contributed by atoms with E-state index in [9.17, 15) is 4.79 Å². The van der Waals surface area contributed by atoms with Gasteiger partial charge in [-0.3, -0.25) is 10.1 Å². The van der Waals surface area contributed by atoms with E-state index in [4.69, 9.17) is 10.4 Å². The number of hydrogen-bond acceptors (Lipinski definition) is 7. The Bertz CT molecular complexity index is 750. The number of nitrogens with zero attached hydrogens (tertiary/aromatic N) is 6. The maximum absolute atomic E-state index is 10.6. The first-order valence-corrected chi connectivity index (χ1v) is 7.22. The van der Waals surface area contributed by atoms with E-state index in [1.165, 1.54) is 11.8 Å². The van der Waals surface area contributed by atoms with Crippen molar-refractivity contribution in [3.8, 4) is 17.6 Å². The Morgan fingerprint density at radius 1 is 1.59 bits per heavy atom. The van der Waals surface area contributed by atoms with Crippen LogP contribution in [0.3, 0.4) is 0 Å². The van der Waals surface area contributed by atoms with Gasteiger partial charge in [0.2, 0.25) is 5.82 Å². The molecule has 0 saturated heterocycles. The first-order valence-electron chi connectivity index (χ1n) is 6.00. The smallest absolute Gasteiger partial charge is 0.327 e. The fraction of sp³-hybridized carbons (Fsp3) is 0.167. The summed E-state index contributed by atoms with van der Waals surface area (Å²) in [6.45, 7) is -0.354. The van der Waals surface area contributed by atoms with Crippen molar-refractivity contribution in [3.63, 3.8) is 0 Å². The second-order valence-corrected chi connectivity index (χ2v) is 4.74. The van der Waals surface area contributed by atoms with E-state index in [0.29, 0.717) is 22.2 Å². The van der Waals surface area contributed by atoms with Crippen LogP contribution in [-0.4, -0.2) is 42.7 Å². The van der Waals surface area contributed by atoms with E-state index in [-0.39, 0.29) is 6.54 Å². The number of thioether (sulfide) groups is 1. The SMILES string of the molecule is CSC(=Nc1cccc(-c2nnn(CC(=O)O)n2)c1)NC#N. The van der Waals surface area contributed by atoms with Gasteiger partial charge in [-0.15, -0.1) is 10.2 Å². The van der Waals surface area contributed by atoms with Crippen molar-refractivity contribution in [3.05, 3.63) is 24.3 Å². The molecule has 0 fully saturated rings. The third-order valence-electron chi connectivity index (χ3n) is 2.42. The highest BCUT2D eigenvalue weighted by Crippen LogP contribution is 2.21. The molecular formula is C12H11N7O2S. The number of carbonyl (C=O) groups is 1. The fourth-order valence-electron chi connectivity index (χ4n) is 1.55. The Morgan fingerprint density at radius 3 is 3.09 bits per heavy atom. The summed E-state index contributed by atoms with van der Waals surface area (Å²) in [7, 11) is 0. The molecule has 1 aromatic heterocycles. The van der Waals surface area contributed by atoms with Crippen LogP contribution in [0.4, 0.5) is 5.69 Å². The van der Waals surface area contributed by atoms with Crippen molar-refractivity contribution in [2.45, 2.75) is 6.54 Å². The van der Waals surface area contributed by atoms with Crippen molar-refractivity contribution in [1.29, 1.82) is 5.26 Å². The van der Waals surface area contributed by atoms with Crippen LogP contribution in [0.25, 0.3) is 11.4 Å². The minimum Gasteiger partial charge on any atom is -0.480 e. The summed E-state index contributed by atoms with van der Waals surface area (Å²) in [5.41, 5.74) is 1.26. The second-order valence-electron chi connectivity index (χ2n) is 3.95. The molecule has 0 atom stereocenters. The Kier molecular flexibility index (Phi) is 5.05. The molecule has 10 heteroatoms. The number of hydrogen-bond donors (Lipinski definition) is 2. The van der Waals surface area contributed by atoms with Gasteiger partial charge in [-0.25, -0.2) is 4.99 Å².